The molecule has 30 nitrogen and oxygen atoms in total. The van der Waals surface area contributed by atoms with E-state index in [2.05, 4.69) is 5.32 Å². The van der Waals surface area contributed by atoms with Crippen LogP contribution in [0.15, 0.2) is 243 Å². The number of ether oxygens (including phenoxy) is 21. The molecule has 8 aromatic rings. The minimum Gasteiger partial charge on any atom is -0.463 e. The van der Waals surface area contributed by atoms with E-state index in [1.54, 1.807) is 31.2 Å². The van der Waals surface area contributed by atoms with Gasteiger partial charge < -0.3 is 120 Å². The standard InChI is InChI=1S/C96H111NO29/c1-59-79(109-50-67-35-19-9-20-36-67)85(110-51-68-37-21-10-22-38-68)90(114-55-72-45-29-14-30-46-72)94(115-59)123-80-75(57-107-49-66-33-17-8-18-34-66)121-93(77(97-60(2)99)83(80)125-96-91(118-64(6)103)87(117-63(5)102)82(116-62(4)101)76(122-96)58-108-61(3)100)126-84-78(104)73(47-98)120-95(89(84)113-54-71-43-27-13-28-44-71)124-81-74(56-106-48-65-31-15-7-16-32-65)119-92(105)88(112-53-70-41-25-12-26-42-70)86(81)111-52-69-39-23-11-24-40-69/h7-46,59,73-96,98,104-105H,47-58H2,1-6H3,(H,97,99)/t59-,73+,74+,75+,76+,77+,78-,79+,80+,81+,82-,83+,84-,85+,86-,87-,88+,89+,90-,91+,92+,93-,94-,95-,96-/m0/s1. The van der Waals surface area contributed by atoms with E-state index in [0.29, 0.717) is 11.1 Å². The Morgan fingerprint density at radius 1 is 0.302 bits per heavy atom. The Hall–Kier alpha value is -9.69. The number of hydrogen-bond acceptors (Lipinski definition) is 29. The lowest BCUT2D eigenvalue weighted by atomic mass is 9.93. The number of hydrogen-bond donors (Lipinski definition) is 4. The Morgan fingerprint density at radius 2 is 0.611 bits per heavy atom. The maximum absolute atomic E-state index is 14.8. The number of carbonyl (C=O) groups excluding carboxylic acids is 5. The summed E-state index contributed by atoms with van der Waals surface area (Å²) in [5.74, 6) is -4.41. The van der Waals surface area contributed by atoms with Crippen LogP contribution in [0, 0.1) is 0 Å². The monoisotopic (exact) mass is 1740 g/mol. The fourth-order valence-corrected chi connectivity index (χ4v) is 15.8. The highest BCUT2D eigenvalue weighted by Crippen LogP contribution is 2.42. The molecule has 5 aliphatic rings. The quantitative estimate of drug-likeness (QED) is 0.0205. The van der Waals surface area contributed by atoms with Gasteiger partial charge >= 0.3 is 23.9 Å². The highest BCUT2D eigenvalue weighted by molar-refractivity contribution is 5.73. The van der Waals surface area contributed by atoms with Crippen molar-refractivity contribution in [2.45, 2.75) is 248 Å². The van der Waals surface area contributed by atoms with Gasteiger partial charge in [-0.15, -0.1) is 0 Å². The molecule has 0 radical (unpaired) electrons. The SMILES string of the molecule is CC(=O)N[C@H]1[C@H](O[C@H]2[C@@H](O)[C@@H](CO)O[C@@H](O[C@H]3[C@H](OCc4ccccc4)[C@@H](OCc4ccccc4)[C@H](O)O[C@@H]3COCc3ccccc3)[C@@H]2OCc2ccccc2)O[C@H](COCc2ccccc2)[C@@H](O[C@@H]2O[C@@H](C)[C@@H](OCc3ccccc3)[C@@H](OCc3ccccc3)[C@@H]2OCc2ccccc2)[C@@H]1O[C@@H]1O[C@H](COC(C)=O)[C@H](OC(C)=O)[C@H](OC(C)=O)[C@H]1OC(C)=O. The first kappa shape index (κ1) is 93.9. The van der Waals surface area contributed by atoms with E-state index >= 15 is 0 Å². The van der Waals surface area contributed by atoms with Crippen LogP contribution < -0.4 is 5.32 Å². The Balaban J connectivity index is 0.962. The molecular formula is C96H111NO29. The van der Waals surface area contributed by atoms with Crippen molar-refractivity contribution in [2.24, 2.45) is 0 Å². The molecule has 0 bridgehead atoms. The van der Waals surface area contributed by atoms with Gasteiger partial charge in [-0.3, -0.25) is 24.0 Å². The number of aliphatic hydroxyl groups is 3. The normalized spacial score (nSPS) is 29.7. The zero-order valence-corrected chi connectivity index (χ0v) is 71.0. The van der Waals surface area contributed by atoms with Crippen molar-refractivity contribution in [3.8, 4) is 0 Å². The molecule has 0 aromatic heterocycles. The number of esters is 4. The average Bonchev–Trinajstić information content (AvgIpc) is 0.754. The predicted molar refractivity (Wildman–Crippen MR) is 447 cm³/mol. The number of benzene rings is 8. The fourth-order valence-electron chi connectivity index (χ4n) is 15.8. The summed E-state index contributed by atoms with van der Waals surface area (Å²) in [6.07, 6.45) is -37.3. The molecule has 5 fully saturated rings. The van der Waals surface area contributed by atoms with Crippen LogP contribution in [-0.2, 0) is 176 Å². The van der Waals surface area contributed by atoms with E-state index < -0.39 is 203 Å². The highest BCUT2D eigenvalue weighted by atomic mass is 16.8. The van der Waals surface area contributed by atoms with Crippen LogP contribution in [0.4, 0.5) is 0 Å². The molecule has 1 amide bonds. The largest absolute Gasteiger partial charge is 0.463 e. The Labute approximate surface area is 731 Å². The van der Waals surface area contributed by atoms with Crippen LogP contribution >= 0.6 is 0 Å². The molecule has 5 saturated heterocycles. The second kappa shape index (κ2) is 47.4. The first-order valence-electron chi connectivity index (χ1n) is 42.2. The van der Waals surface area contributed by atoms with Crippen molar-refractivity contribution in [1.29, 1.82) is 0 Å². The lowest BCUT2D eigenvalue weighted by Crippen LogP contribution is -2.72. The van der Waals surface area contributed by atoms with E-state index in [9.17, 15) is 39.3 Å². The smallest absolute Gasteiger partial charge is 0.303 e. The van der Waals surface area contributed by atoms with Crippen LogP contribution in [0.25, 0.3) is 0 Å². The lowest BCUT2D eigenvalue weighted by molar-refractivity contribution is -0.398. The number of aliphatic hydroxyl groups excluding tert-OH is 3. The molecule has 674 valence electrons. The zero-order chi connectivity index (χ0) is 88.3. The van der Waals surface area contributed by atoms with Gasteiger partial charge in [0.15, 0.2) is 49.8 Å². The minimum atomic E-state index is -2.04. The summed E-state index contributed by atoms with van der Waals surface area (Å²) in [6.45, 7) is 4.88. The summed E-state index contributed by atoms with van der Waals surface area (Å²) < 4.78 is 143. The van der Waals surface area contributed by atoms with Gasteiger partial charge in [-0.05, 0) is 51.4 Å². The third kappa shape index (κ3) is 26.5. The third-order valence-corrected chi connectivity index (χ3v) is 21.8. The summed E-state index contributed by atoms with van der Waals surface area (Å²) >= 11 is 0. The summed E-state index contributed by atoms with van der Waals surface area (Å²) in [4.78, 5) is 68.5. The molecule has 0 saturated carbocycles. The number of nitrogens with one attached hydrogen (secondary N) is 1. The van der Waals surface area contributed by atoms with Gasteiger partial charge in [-0.1, -0.05) is 243 Å². The van der Waals surface area contributed by atoms with Crippen LogP contribution in [0.1, 0.15) is 86.1 Å². The molecular weight excluding hydrogens is 1630 g/mol. The van der Waals surface area contributed by atoms with E-state index in [0.717, 1.165) is 61.1 Å². The number of carbonyl (C=O) groups is 5. The number of rotatable bonds is 41. The van der Waals surface area contributed by atoms with Gasteiger partial charge in [-0.25, -0.2) is 0 Å². The molecule has 30 heteroatoms. The van der Waals surface area contributed by atoms with Gasteiger partial charge in [0.25, 0.3) is 0 Å². The Morgan fingerprint density at radius 3 is 1.02 bits per heavy atom. The van der Waals surface area contributed by atoms with Gasteiger partial charge in [0.1, 0.15) is 104 Å². The Bertz CT molecular complexity index is 4580. The first-order valence-corrected chi connectivity index (χ1v) is 42.2. The van der Waals surface area contributed by atoms with Crippen LogP contribution in [0.3, 0.4) is 0 Å². The minimum absolute atomic E-state index is 0.0281. The van der Waals surface area contributed by atoms with E-state index in [1.165, 1.54) is 6.92 Å². The third-order valence-electron chi connectivity index (χ3n) is 21.8. The highest BCUT2D eigenvalue weighted by Gasteiger charge is 2.61. The van der Waals surface area contributed by atoms with Crippen molar-refractivity contribution in [3.63, 3.8) is 0 Å². The molecule has 25 atom stereocenters. The summed E-state index contributed by atoms with van der Waals surface area (Å²) in [5.41, 5.74) is 6.03. The molecule has 8 aromatic carbocycles. The first-order chi connectivity index (χ1) is 61.3. The van der Waals surface area contributed by atoms with Crippen molar-refractivity contribution in [2.75, 3.05) is 26.4 Å². The summed E-state index contributed by atoms with van der Waals surface area (Å²) in [6, 6.07) is 72.8. The van der Waals surface area contributed by atoms with Gasteiger partial charge in [-0.2, -0.15) is 0 Å². The van der Waals surface area contributed by atoms with Crippen molar-refractivity contribution in [3.05, 3.63) is 287 Å². The number of amides is 1. The van der Waals surface area contributed by atoms with Crippen LogP contribution in [0.2, 0.25) is 0 Å². The average molecular weight is 1740 g/mol. The van der Waals surface area contributed by atoms with Crippen molar-refractivity contribution < 1.29 is 139 Å². The van der Waals surface area contributed by atoms with Crippen LogP contribution in [-0.4, -0.2) is 225 Å². The summed E-state index contributed by atoms with van der Waals surface area (Å²) in [7, 11) is 0. The van der Waals surface area contributed by atoms with Crippen molar-refractivity contribution in [1.82, 2.24) is 5.32 Å². The maximum Gasteiger partial charge on any atom is 0.303 e. The molecule has 5 aliphatic heterocycles. The molecule has 13 rings (SSSR count). The maximum atomic E-state index is 14.8. The topological polar surface area (TPSA) is 352 Å². The lowest BCUT2D eigenvalue weighted by Gasteiger charge is -2.53. The fraction of sp³-hybridized carbons (Fsp3) is 0.448. The molecule has 4 N–H and O–H groups in total. The molecule has 0 spiro atoms. The molecule has 0 unspecified atom stereocenters. The second-order valence-electron chi connectivity index (χ2n) is 31.3. The van der Waals surface area contributed by atoms with Gasteiger partial charge in [0, 0.05) is 34.6 Å². The van der Waals surface area contributed by atoms with Crippen LogP contribution in [0.5, 0.6) is 0 Å². The zero-order valence-electron chi connectivity index (χ0n) is 71.0. The summed E-state index contributed by atoms with van der Waals surface area (Å²) in [5, 5.41) is 40.4. The van der Waals surface area contributed by atoms with Gasteiger partial charge in [0.05, 0.1) is 78.8 Å². The predicted octanol–water partition coefficient (Wildman–Crippen LogP) is 9.33. The molecule has 126 heavy (non-hydrogen) atoms. The van der Waals surface area contributed by atoms with Crippen molar-refractivity contribution >= 4 is 29.8 Å². The molecule has 0 aliphatic carbocycles. The second-order valence-corrected chi connectivity index (χ2v) is 31.3. The van der Waals surface area contributed by atoms with E-state index in [-0.39, 0.29) is 59.5 Å². The molecule has 5 heterocycles. The van der Waals surface area contributed by atoms with E-state index in [1.807, 2.05) is 218 Å². The van der Waals surface area contributed by atoms with Gasteiger partial charge in [0.2, 0.25) is 5.91 Å². The van der Waals surface area contributed by atoms with E-state index in [4.69, 9.17) is 99.5 Å². The Kier molecular flexibility index (Phi) is 35.3.